The van der Waals surface area contributed by atoms with Gasteiger partial charge < -0.3 is 15.0 Å². The van der Waals surface area contributed by atoms with E-state index in [-0.39, 0.29) is 6.10 Å². The zero-order chi connectivity index (χ0) is 16.8. The number of aryl methyl sites for hydroxylation is 1. The van der Waals surface area contributed by atoms with E-state index in [1.165, 1.54) is 11.1 Å². The monoisotopic (exact) mass is 340 g/mol. The molecule has 24 heavy (non-hydrogen) atoms. The highest BCUT2D eigenvalue weighted by Crippen LogP contribution is 2.19. The summed E-state index contributed by atoms with van der Waals surface area (Å²) >= 11 is 5.68. The lowest BCUT2D eigenvalue weighted by Gasteiger charge is -2.27. The summed E-state index contributed by atoms with van der Waals surface area (Å²) in [5.41, 5.74) is 3.59. The van der Waals surface area contributed by atoms with Gasteiger partial charge in [0.2, 0.25) is 0 Å². The van der Waals surface area contributed by atoms with Crippen LogP contribution in [0.4, 0.5) is 5.69 Å². The number of hydrogen-bond acceptors (Lipinski definition) is 2. The maximum atomic E-state index is 5.68. The number of ether oxygens (including phenoxy) is 1. The van der Waals surface area contributed by atoms with Gasteiger partial charge in [0.05, 0.1) is 12.6 Å². The molecular weight excluding hydrogens is 316 g/mol. The topological polar surface area (TPSA) is 24.5 Å². The molecule has 0 unspecified atom stereocenters. The average molecular weight is 340 g/mol. The number of anilines is 1. The highest BCUT2D eigenvalue weighted by molar-refractivity contribution is 7.80. The molecule has 1 heterocycles. The summed E-state index contributed by atoms with van der Waals surface area (Å²) in [6, 6.07) is 18.9. The molecule has 3 nitrogen and oxygen atoms in total. The number of thiocarbonyl (C=S) groups is 1. The molecule has 0 spiro atoms. The molecule has 0 amide bonds. The van der Waals surface area contributed by atoms with Gasteiger partial charge >= 0.3 is 0 Å². The van der Waals surface area contributed by atoms with Crippen molar-refractivity contribution in [2.45, 2.75) is 32.4 Å². The molecule has 1 aliphatic rings. The highest BCUT2D eigenvalue weighted by Gasteiger charge is 2.18. The van der Waals surface area contributed by atoms with E-state index in [0.29, 0.717) is 0 Å². The molecule has 0 radical (unpaired) electrons. The third-order valence-electron chi connectivity index (χ3n) is 4.28. The number of nitrogens with one attached hydrogen (secondary N) is 1. The number of rotatable bonds is 5. The predicted molar refractivity (Wildman–Crippen MR) is 103 cm³/mol. The van der Waals surface area contributed by atoms with Crippen LogP contribution in [0.5, 0.6) is 0 Å². The van der Waals surface area contributed by atoms with Gasteiger partial charge in [-0.25, -0.2) is 0 Å². The van der Waals surface area contributed by atoms with Crippen LogP contribution in [0, 0.1) is 6.92 Å². The molecule has 1 N–H and O–H groups in total. The van der Waals surface area contributed by atoms with Gasteiger partial charge in [-0.05, 0) is 49.7 Å². The Morgan fingerprint density at radius 2 is 1.92 bits per heavy atom. The Labute approximate surface area is 149 Å². The van der Waals surface area contributed by atoms with E-state index in [1.54, 1.807) is 0 Å². The van der Waals surface area contributed by atoms with Crippen LogP contribution >= 0.6 is 12.2 Å². The fourth-order valence-electron chi connectivity index (χ4n) is 2.87. The Kier molecular flexibility index (Phi) is 5.83. The third-order valence-corrected chi connectivity index (χ3v) is 4.64. The Hall–Kier alpha value is -1.91. The van der Waals surface area contributed by atoms with E-state index in [4.69, 9.17) is 17.0 Å². The zero-order valence-electron chi connectivity index (χ0n) is 14.1. The normalized spacial score (nSPS) is 16.8. The molecule has 3 rings (SSSR count). The molecule has 0 bridgehead atoms. The van der Waals surface area contributed by atoms with E-state index in [1.807, 2.05) is 6.07 Å². The molecule has 1 aliphatic heterocycles. The van der Waals surface area contributed by atoms with Crippen molar-refractivity contribution in [3.63, 3.8) is 0 Å². The van der Waals surface area contributed by atoms with Crippen molar-refractivity contribution < 1.29 is 4.74 Å². The summed E-state index contributed by atoms with van der Waals surface area (Å²) in [6.07, 6.45) is 2.53. The lowest BCUT2D eigenvalue weighted by molar-refractivity contribution is 0.114. The fourth-order valence-corrected chi connectivity index (χ4v) is 3.13. The first-order chi connectivity index (χ1) is 11.7. The lowest BCUT2D eigenvalue weighted by Crippen LogP contribution is -2.42. The van der Waals surface area contributed by atoms with Gasteiger partial charge in [-0.1, -0.05) is 48.0 Å². The second-order valence-electron chi connectivity index (χ2n) is 6.23. The maximum absolute atomic E-state index is 5.68. The predicted octanol–water partition coefficient (Wildman–Crippen LogP) is 4.06. The summed E-state index contributed by atoms with van der Waals surface area (Å²) in [5, 5.41) is 4.14. The summed E-state index contributed by atoms with van der Waals surface area (Å²) in [7, 11) is 0. The third kappa shape index (κ3) is 4.56. The number of benzene rings is 2. The highest BCUT2D eigenvalue weighted by atomic mass is 32.1. The smallest absolute Gasteiger partial charge is 0.173 e. The van der Waals surface area contributed by atoms with Crippen LogP contribution in [-0.4, -0.2) is 24.4 Å². The Bertz CT molecular complexity index is 651. The first-order valence-corrected chi connectivity index (χ1v) is 8.91. The standard InChI is InChI=1S/C20H24N2OS/c1-16-9-11-18(12-10-16)22(15-17-6-3-2-4-7-17)20(24)21-14-19-8-5-13-23-19/h2-4,6-7,9-12,19H,5,8,13-15H2,1H3,(H,21,24)/t19-/m0/s1. The first kappa shape index (κ1) is 16.9. The van der Waals surface area contributed by atoms with Crippen LogP contribution in [0.25, 0.3) is 0 Å². The molecule has 4 heteroatoms. The average Bonchev–Trinajstić information content (AvgIpc) is 3.13. The van der Waals surface area contributed by atoms with Crippen LogP contribution < -0.4 is 10.2 Å². The minimum Gasteiger partial charge on any atom is -0.376 e. The van der Waals surface area contributed by atoms with Gasteiger partial charge in [-0.3, -0.25) is 0 Å². The van der Waals surface area contributed by atoms with E-state index in [2.05, 4.69) is 65.7 Å². The van der Waals surface area contributed by atoms with Gasteiger partial charge in [-0.2, -0.15) is 0 Å². The van der Waals surface area contributed by atoms with Gasteiger partial charge in [0.25, 0.3) is 0 Å². The summed E-state index contributed by atoms with van der Waals surface area (Å²) < 4.78 is 5.68. The van der Waals surface area contributed by atoms with Gasteiger partial charge in [0, 0.05) is 18.8 Å². The van der Waals surface area contributed by atoms with Crippen LogP contribution in [0.1, 0.15) is 24.0 Å². The molecular formula is C20H24N2OS. The first-order valence-electron chi connectivity index (χ1n) is 8.50. The van der Waals surface area contributed by atoms with Crippen molar-refractivity contribution in [2.24, 2.45) is 0 Å². The van der Waals surface area contributed by atoms with Crippen LogP contribution in [0.2, 0.25) is 0 Å². The minimum absolute atomic E-state index is 0.277. The minimum atomic E-state index is 0.277. The van der Waals surface area contributed by atoms with Crippen LogP contribution in [-0.2, 0) is 11.3 Å². The molecule has 0 aromatic heterocycles. The van der Waals surface area contributed by atoms with Crippen molar-refractivity contribution in [2.75, 3.05) is 18.1 Å². The van der Waals surface area contributed by atoms with Gasteiger partial charge in [0.15, 0.2) is 5.11 Å². The van der Waals surface area contributed by atoms with Crippen LogP contribution in [0.15, 0.2) is 54.6 Å². The molecule has 1 atom stereocenters. The molecule has 1 fully saturated rings. The van der Waals surface area contributed by atoms with Gasteiger partial charge in [0.1, 0.15) is 0 Å². The maximum Gasteiger partial charge on any atom is 0.173 e. The molecule has 1 saturated heterocycles. The van der Waals surface area contributed by atoms with Crippen molar-refractivity contribution >= 4 is 23.0 Å². The van der Waals surface area contributed by atoms with Gasteiger partial charge in [-0.15, -0.1) is 0 Å². The van der Waals surface area contributed by atoms with Crippen LogP contribution in [0.3, 0.4) is 0 Å². The van der Waals surface area contributed by atoms with Crippen molar-refractivity contribution in [3.05, 3.63) is 65.7 Å². The van der Waals surface area contributed by atoms with Crippen molar-refractivity contribution in [1.82, 2.24) is 5.32 Å². The largest absolute Gasteiger partial charge is 0.376 e. The van der Waals surface area contributed by atoms with Crippen molar-refractivity contribution in [3.8, 4) is 0 Å². The summed E-state index contributed by atoms with van der Waals surface area (Å²) in [5.74, 6) is 0. The van der Waals surface area contributed by atoms with E-state index >= 15 is 0 Å². The zero-order valence-corrected chi connectivity index (χ0v) is 14.9. The van der Waals surface area contributed by atoms with E-state index < -0.39 is 0 Å². The van der Waals surface area contributed by atoms with E-state index in [9.17, 15) is 0 Å². The number of nitrogens with zero attached hydrogens (tertiary/aromatic N) is 1. The molecule has 2 aromatic rings. The molecule has 126 valence electrons. The lowest BCUT2D eigenvalue weighted by atomic mass is 10.2. The van der Waals surface area contributed by atoms with Crippen molar-refractivity contribution in [1.29, 1.82) is 0 Å². The summed E-state index contributed by atoms with van der Waals surface area (Å²) in [6.45, 7) is 4.49. The Balaban J connectivity index is 1.72. The molecule has 0 saturated carbocycles. The molecule has 2 aromatic carbocycles. The SMILES string of the molecule is Cc1ccc(N(Cc2ccccc2)C(=S)NC[C@@H]2CCCO2)cc1. The fraction of sp³-hybridized carbons (Fsp3) is 0.350. The second kappa shape index (κ2) is 8.27. The number of hydrogen-bond donors (Lipinski definition) is 1. The summed E-state index contributed by atoms with van der Waals surface area (Å²) in [4.78, 5) is 2.15. The molecule has 0 aliphatic carbocycles. The Morgan fingerprint density at radius 1 is 1.17 bits per heavy atom. The Morgan fingerprint density at radius 3 is 2.58 bits per heavy atom. The van der Waals surface area contributed by atoms with E-state index in [0.717, 1.165) is 43.3 Å². The quantitative estimate of drug-likeness (QED) is 0.830. The second-order valence-corrected chi connectivity index (χ2v) is 6.62.